The zero-order valence-electron chi connectivity index (χ0n) is 17.4. The number of ether oxygens (including phenoxy) is 1. The van der Waals surface area contributed by atoms with Crippen molar-refractivity contribution in [3.8, 4) is 0 Å². The summed E-state index contributed by atoms with van der Waals surface area (Å²) in [6.07, 6.45) is 9.53. The molecule has 29 heavy (non-hydrogen) atoms. The van der Waals surface area contributed by atoms with Crippen molar-refractivity contribution >= 4 is 15.8 Å². The van der Waals surface area contributed by atoms with Crippen molar-refractivity contribution < 1.29 is 17.9 Å². The van der Waals surface area contributed by atoms with Gasteiger partial charge in [-0.2, -0.15) is 0 Å². The summed E-state index contributed by atoms with van der Waals surface area (Å²) in [6, 6.07) is 7.83. The SMILES string of the molecule is C=CC(=C(C(=O)OCCCCCCCC)S(=O)(=O)c1ccccc1)C1CCCN1. The van der Waals surface area contributed by atoms with Crippen LogP contribution in [0.25, 0.3) is 0 Å². The Morgan fingerprint density at radius 1 is 1.17 bits per heavy atom. The van der Waals surface area contributed by atoms with Crippen LogP contribution in [-0.4, -0.2) is 33.6 Å². The molecule has 0 aliphatic carbocycles. The van der Waals surface area contributed by atoms with E-state index in [4.69, 9.17) is 4.74 Å². The smallest absolute Gasteiger partial charge is 0.350 e. The van der Waals surface area contributed by atoms with Gasteiger partial charge in [0.1, 0.15) is 0 Å². The number of carbonyl (C=O) groups is 1. The molecule has 1 unspecified atom stereocenters. The van der Waals surface area contributed by atoms with E-state index >= 15 is 0 Å². The number of sulfone groups is 1. The molecule has 0 saturated carbocycles. The van der Waals surface area contributed by atoms with E-state index in [9.17, 15) is 13.2 Å². The molecule has 5 nitrogen and oxygen atoms in total. The van der Waals surface area contributed by atoms with Crippen molar-refractivity contribution in [2.24, 2.45) is 0 Å². The molecule has 1 aliphatic rings. The fourth-order valence-electron chi connectivity index (χ4n) is 3.56. The van der Waals surface area contributed by atoms with Gasteiger partial charge in [0.25, 0.3) is 0 Å². The van der Waals surface area contributed by atoms with Crippen LogP contribution in [-0.2, 0) is 19.4 Å². The molecule has 0 bridgehead atoms. The Morgan fingerprint density at radius 3 is 2.48 bits per heavy atom. The lowest BCUT2D eigenvalue weighted by Crippen LogP contribution is -2.28. The molecule has 6 heteroatoms. The maximum atomic E-state index is 13.3. The zero-order valence-corrected chi connectivity index (χ0v) is 18.2. The van der Waals surface area contributed by atoms with Crippen LogP contribution in [0.4, 0.5) is 0 Å². The van der Waals surface area contributed by atoms with E-state index in [0.717, 1.165) is 38.6 Å². The first kappa shape index (κ1) is 23.4. The summed E-state index contributed by atoms with van der Waals surface area (Å²) in [6.45, 7) is 6.96. The summed E-state index contributed by atoms with van der Waals surface area (Å²) < 4.78 is 32.0. The van der Waals surface area contributed by atoms with Gasteiger partial charge in [0, 0.05) is 6.04 Å². The minimum Gasteiger partial charge on any atom is -0.462 e. The molecule has 1 aromatic carbocycles. The van der Waals surface area contributed by atoms with Gasteiger partial charge in [-0.05, 0) is 43.5 Å². The molecule has 0 aromatic heterocycles. The maximum absolute atomic E-state index is 13.3. The fraction of sp³-hybridized carbons (Fsp3) is 0.522. The van der Waals surface area contributed by atoms with Gasteiger partial charge in [-0.1, -0.05) is 69.9 Å². The van der Waals surface area contributed by atoms with Gasteiger partial charge in [0.2, 0.25) is 9.84 Å². The molecule has 0 spiro atoms. The lowest BCUT2D eigenvalue weighted by Gasteiger charge is -2.18. The third kappa shape index (κ3) is 6.54. The Bertz CT molecular complexity index is 793. The molecule has 0 amide bonds. The number of unbranched alkanes of at least 4 members (excludes halogenated alkanes) is 5. The zero-order chi connectivity index (χ0) is 21.1. The summed E-state index contributed by atoms with van der Waals surface area (Å²) in [5, 5.41) is 3.26. The van der Waals surface area contributed by atoms with Gasteiger partial charge < -0.3 is 10.1 Å². The predicted molar refractivity (Wildman–Crippen MR) is 116 cm³/mol. The Morgan fingerprint density at radius 2 is 1.86 bits per heavy atom. The Balaban J connectivity index is 2.21. The molecule has 160 valence electrons. The highest BCUT2D eigenvalue weighted by atomic mass is 32.2. The van der Waals surface area contributed by atoms with Gasteiger partial charge in [-0.15, -0.1) is 0 Å². The van der Waals surface area contributed by atoms with Crippen LogP contribution in [0.5, 0.6) is 0 Å². The van der Waals surface area contributed by atoms with Crippen LogP contribution >= 0.6 is 0 Å². The standard InChI is InChI=1S/C23H33NO4S/c1-3-5-6-7-8-12-18-28-23(25)22(20(4-2)21-16-13-17-24-21)29(26,27)19-14-10-9-11-15-19/h4,9-11,14-15,21,24H,2-3,5-8,12-13,16-18H2,1H3. The van der Waals surface area contributed by atoms with Gasteiger partial charge in [0.15, 0.2) is 4.91 Å². The largest absolute Gasteiger partial charge is 0.462 e. The van der Waals surface area contributed by atoms with E-state index in [-0.39, 0.29) is 22.4 Å². The summed E-state index contributed by atoms with van der Waals surface area (Å²) in [5.74, 6) is -0.786. The molecule has 1 aliphatic heterocycles. The summed E-state index contributed by atoms with van der Waals surface area (Å²) in [7, 11) is -4.01. The Labute approximate surface area is 175 Å². The van der Waals surface area contributed by atoms with Crippen LogP contribution in [0.3, 0.4) is 0 Å². The Kier molecular flexibility index (Phi) is 9.61. The number of rotatable bonds is 12. The summed E-state index contributed by atoms with van der Waals surface area (Å²) in [5.41, 5.74) is 0.402. The van der Waals surface area contributed by atoms with Crippen molar-refractivity contribution in [2.45, 2.75) is 69.2 Å². The maximum Gasteiger partial charge on any atom is 0.350 e. The highest BCUT2D eigenvalue weighted by Gasteiger charge is 2.34. The van der Waals surface area contributed by atoms with E-state index in [1.807, 2.05) is 0 Å². The van der Waals surface area contributed by atoms with Gasteiger partial charge in [-0.25, -0.2) is 13.2 Å². The van der Waals surface area contributed by atoms with Gasteiger partial charge >= 0.3 is 5.97 Å². The highest BCUT2D eigenvalue weighted by molar-refractivity contribution is 7.96. The first-order valence-electron chi connectivity index (χ1n) is 10.6. The van der Waals surface area contributed by atoms with E-state index in [1.165, 1.54) is 37.5 Å². The average molecular weight is 420 g/mol. The van der Waals surface area contributed by atoms with Crippen molar-refractivity contribution in [1.82, 2.24) is 5.32 Å². The van der Waals surface area contributed by atoms with E-state index in [1.54, 1.807) is 18.2 Å². The molecule has 0 radical (unpaired) electrons. The molecular weight excluding hydrogens is 386 g/mol. The Hall–Kier alpha value is -1.92. The molecule has 1 saturated heterocycles. The molecular formula is C23H33NO4S. The van der Waals surface area contributed by atoms with Gasteiger partial charge in [-0.3, -0.25) is 0 Å². The second-order valence-electron chi connectivity index (χ2n) is 7.36. The fourth-order valence-corrected chi connectivity index (χ4v) is 5.12. The molecule has 1 aromatic rings. The van der Waals surface area contributed by atoms with E-state index in [2.05, 4.69) is 18.8 Å². The number of hydrogen-bond acceptors (Lipinski definition) is 5. The number of benzene rings is 1. The van der Waals surface area contributed by atoms with E-state index in [0.29, 0.717) is 5.57 Å². The lowest BCUT2D eigenvalue weighted by molar-refractivity contribution is -0.138. The topological polar surface area (TPSA) is 72.5 Å². The van der Waals surface area contributed by atoms with Crippen LogP contribution in [0, 0.1) is 0 Å². The number of hydrogen-bond donors (Lipinski definition) is 1. The van der Waals surface area contributed by atoms with Crippen LogP contribution in [0.15, 0.2) is 58.4 Å². The van der Waals surface area contributed by atoms with Crippen molar-refractivity contribution in [2.75, 3.05) is 13.2 Å². The highest BCUT2D eigenvalue weighted by Crippen LogP contribution is 2.28. The second-order valence-corrected chi connectivity index (χ2v) is 9.24. The average Bonchev–Trinajstić information content (AvgIpc) is 3.26. The third-order valence-corrected chi connectivity index (χ3v) is 6.99. The molecule has 1 atom stereocenters. The first-order valence-corrected chi connectivity index (χ1v) is 12.1. The van der Waals surface area contributed by atoms with Gasteiger partial charge in [0.05, 0.1) is 11.5 Å². The summed E-state index contributed by atoms with van der Waals surface area (Å²) >= 11 is 0. The van der Waals surface area contributed by atoms with Crippen molar-refractivity contribution in [1.29, 1.82) is 0 Å². The lowest BCUT2D eigenvalue weighted by atomic mass is 10.1. The summed E-state index contributed by atoms with van der Waals surface area (Å²) in [4.78, 5) is 12.7. The van der Waals surface area contributed by atoms with E-state index < -0.39 is 15.8 Å². The first-order chi connectivity index (χ1) is 14.0. The van der Waals surface area contributed by atoms with Crippen LogP contribution in [0.2, 0.25) is 0 Å². The van der Waals surface area contributed by atoms with Crippen LogP contribution in [0.1, 0.15) is 58.3 Å². The quantitative estimate of drug-likeness (QED) is 0.233. The van der Waals surface area contributed by atoms with Crippen LogP contribution < -0.4 is 5.32 Å². The van der Waals surface area contributed by atoms with Crippen molar-refractivity contribution in [3.63, 3.8) is 0 Å². The molecule has 1 N–H and O–H groups in total. The second kappa shape index (κ2) is 11.9. The third-order valence-electron chi connectivity index (χ3n) is 5.16. The number of nitrogens with one attached hydrogen (secondary N) is 1. The minimum absolute atomic E-state index is 0.0869. The number of carbonyl (C=O) groups excluding carboxylic acids is 1. The molecule has 1 heterocycles. The molecule has 2 rings (SSSR count). The predicted octanol–water partition coefficient (Wildman–Crippen LogP) is 4.56. The molecule has 1 fully saturated rings. The van der Waals surface area contributed by atoms with Crippen molar-refractivity contribution in [3.05, 3.63) is 53.5 Å². The number of esters is 1. The normalized spacial score (nSPS) is 17.6. The monoisotopic (exact) mass is 419 g/mol. The minimum atomic E-state index is -4.01.